The van der Waals surface area contributed by atoms with Crippen LogP contribution in [0.4, 0.5) is 0 Å². The molecule has 114 valence electrons. The van der Waals surface area contributed by atoms with Crippen molar-refractivity contribution < 1.29 is 9.90 Å². The van der Waals surface area contributed by atoms with Gasteiger partial charge in [0.15, 0.2) is 0 Å². The topological polar surface area (TPSA) is 67.2 Å². The number of carbonyl (C=O) groups is 1. The van der Waals surface area contributed by atoms with Gasteiger partial charge in [0.1, 0.15) is 6.04 Å². The summed E-state index contributed by atoms with van der Waals surface area (Å²) in [4.78, 5) is 12.3. The normalized spacial score (nSPS) is 14.9. The van der Waals surface area contributed by atoms with Crippen molar-refractivity contribution in [2.24, 2.45) is 5.41 Å². The molecule has 0 bridgehead atoms. The Morgan fingerprint density at radius 3 is 2.45 bits per heavy atom. The molecule has 0 aliphatic rings. The average molecular weight is 281 g/mol. The highest BCUT2D eigenvalue weighted by Gasteiger charge is 2.23. The van der Waals surface area contributed by atoms with Crippen LogP contribution >= 0.6 is 0 Å². The smallest absolute Gasteiger partial charge is 0.244 e. The van der Waals surface area contributed by atoms with Crippen LogP contribution < -0.4 is 5.32 Å². The van der Waals surface area contributed by atoms with E-state index in [2.05, 4.69) is 31.2 Å². The molecule has 0 aliphatic heterocycles. The van der Waals surface area contributed by atoms with Crippen molar-refractivity contribution in [3.8, 4) is 0 Å². The van der Waals surface area contributed by atoms with Gasteiger partial charge >= 0.3 is 0 Å². The van der Waals surface area contributed by atoms with Crippen molar-refractivity contribution in [3.63, 3.8) is 0 Å². The monoisotopic (exact) mass is 281 g/mol. The minimum atomic E-state index is -0.377. The van der Waals surface area contributed by atoms with Crippen molar-refractivity contribution >= 4 is 5.91 Å². The van der Waals surface area contributed by atoms with E-state index in [1.54, 1.807) is 4.68 Å². The summed E-state index contributed by atoms with van der Waals surface area (Å²) in [6.07, 6.45) is 0.735. The molecule has 0 saturated carbocycles. The molecule has 1 aromatic heterocycles. The average Bonchev–Trinajstić information content (AvgIpc) is 2.64. The summed E-state index contributed by atoms with van der Waals surface area (Å²) in [6, 6.07) is 1.35. The lowest BCUT2D eigenvalue weighted by Crippen LogP contribution is -2.43. The first-order valence-electron chi connectivity index (χ1n) is 7.08. The largest absolute Gasteiger partial charge is 0.394 e. The highest BCUT2D eigenvalue weighted by molar-refractivity contribution is 5.80. The molecule has 1 heterocycles. The maximum atomic E-state index is 12.3. The number of rotatable bonds is 5. The van der Waals surface area contributed by atoms with Crippen LogP contribution in [0.15, 0.2) is 6.07 Å². The molecular weight excluding hydrogens is 254 g/mol. The zero-order valence-corrected chi connectivity index (χ0v) is 13.4. The molecule has 0 saturated heterocycles. The summed E-state index contributed by atoms with van der Waals surface area (Å²) in [7, 11) is 0. The van der Waals surface area contributed by atoms with E-state index in [9.17, 15) is 9.90 Å². The fourth-order valence-corrected chi connectivity index (χ4v) is 2.37. The number of aromatic nitrogens is 2. The van der Waals surface area contributed by atoms with E-state index < -0.39 is 0 Å². The lowest BCUT2D eigenvalue weighted by atomic mass is 9.88. The molecule has 5 nitrogen and oxygen atoms in total. The first-order valence-corrected chi connectivity index (χ1v) is 7.08. The predicted molar refractivity (Wildman–Crippen MR) is 79.5 cm³/mol. The van der Waals surface area contributed by atoms with Crippen LogP contribution in [0.5, 0.6) is 0 Å². The number of hydrogen-bond acceptors (Lipinski definition) is 3. The molecule has 2 atom stereocenters. The van der Waals surface area contributed by atoms with Crippen molar-refractivity contribution in [1.82, 2.24) is 15.1 Å². The summed E-state index contributed by atoms with van der Waals surface area (Å²) < 4.78 is 1.72. The molecule has 2 N–H and O–H groups in total. The van der Waals surface area contributed by atoms with E-state index in [0.29, 0.717) is 0 Å². The Bertz CT molecular complexity index is 460. The number of aryl methyl sites for hydroxylation is 2. The van der Waals surface area contributed by atoms with Crippen LogP contribution in [0.25, 0.3) is 0 Å². The van der Waals surface area contributed by atoms with E-state index in [-0.39, 0.29) is 30.0 Å². The van der Waals surface area contributed by atoms with Crippen molar-refractivity contribution in [2.45, 2.75) is 60.0 Å². The summed E-state index contributed by atoms with van der Waals surface area (Å²) in [5.74, 6) is -0.112. The van der Waals surface area contributed by atoms with Gasteiger partial charge in [-0.3, -0.25) is 9.48 Å². The molecule has 0 spiro atoms. The second-order valence-corrected chi connectivity index (χ2v) is 6.70. The van der Waals surface area contributed by atoms with E-state index in [1.165, 1.54) is 0 Å². The summed E-state index contributed by atoms with van der Waals surface area (Å²) in [6.45, 7) is 11.9. The van der Waals surface area contributed by atoms with E-state index in [4.69, 9.17) is 0 Å². The fourth-order valence-electron chi connectivity index (χ4n) is 2.37. The fraction of sp³-hybridized carbons (Fsp3) is 0.733. The highest BCUT2D eigenvalue weighted by atomic mass is 16.3. The summed E-state index contributed by atoms with van der Waals surface area (Å²) >= 11 is 0. The Labute approximate surface area is 121 Å². The van der Waals surface area contributed by atoms with Gasteiger partial charge in [-0.15, -0.1) is 0 Å². The maximum Gasteiger partial charge on any atom is 0.244 e. The molecule has 20 heavy (non-hydrogen) atoms. The number of nitrogens with zero attached hydrogens (tertiary/aromatic N) is 2. The Hall–Kier alpha value is -1.36. The number of carbonyl (C=O) groups excluding carboxylic acids is 1. The lowest BCUT2D eigenvalue weighted by molar-refractivity contribution is -0.125. The number of nitrogens with one attached hydrogen (secondary N) is 1. The van der Waals surface area contributed by atoms with Gasteiger partial charge < -0.3 is 10.4 Å². The molecular formula is C15H27N3O2. The molecule has 0 aliphatic carbocycles. The van der Waals surface area contributed by atoms with E-state index >= 15 is 0 Å². The SMILES string of the molecule is Cc1cc(C)n(C(C)C(=O)NC(CO)CC(C)(C)C)n1. The number of aliphatic hydroxyl groups is 1. The third-order valence-corrected chi connectivity index (χ3v) is 3.22. The first kappa shape index (κ1) is 16.7. The Morgan fingerprint density at radius 1 is 1.45 bits per heavy atom. The van der Waals surface area contributed by atoms with Gasteiger partial charge in [-0.25, -0.2) is 0 Å². The second-order valence-electron chi connectivity index (χ2n) is 6.70. The zero-order valence-electron chi connectivity index (χ0n) is 13.4. The van der Waals surface area contributed by atoms with Crippen LogP contribution in [-0.2, 0) is 4.79 Å². The van der Waals surface area contributed by atoms with Crippen molar-refractivity contribution in [3.05, 3.63) is 17.5 Å². The Balaban J connectivity index is 2.72. The van der Waals surface area contributed by atoms with Gasteiger partial charge in [-0.1, -0.05) is 20.8 Å². The molecule has 0 fully saturated rings. The molecule has 1 aromatic rings. The van der Waals surface area contributed by atoms with Gasteiger partial charge in [-0.05, 0) is 38.7 Å². The van der Waals surface area contributed by atoms with Crippen LogP contribution in [0.1, 0.15) is 51.5 Å². The van der Waals surface area contributed by atoms with Crippen molar-refractivity contribution in [2.75, 3.05) is 6.61 Å². The molecule has 5 heteroatoms. The van der Waals surface area contributed by atoms with Crippen LogP contribution in [0, 0.1) is 19.3 Å². The minimum absolute atomic E-state index is 0.0488. The molecule has 0 aromatic carbocycles. The lowest BCUT2D eigenvalue weighted by Gasteiger charge is -2.26. The van der Waals surface area contributed by atoms with E-state index in [1.807, 2.05) is 26.8 Å². The molecule has 0 radical (unpaired) electrons. The third-order valence-electron chi connectivity index (χ3n) is 3.22. The van der Waals surface area contributed by atoms with Gasteiger partial charge in [0.2, 0.25) is 5.91 Å². The van der Waals surface area contributed by atoms with Gasteiger partial charge in [-0.2, -0.15) is 5.10 Å². The molecule has 1 rings (SSSR count). The van der Waals surface area contributed by atoms with Crippen molar-refractivity contribution in [1.29, 1.82) is 0 Å². The molecule has 1 amide bonds. The van der Waals surface area contributed by atoms with Gasteiger partial charge in [0.25, 0.3) is 0 Å². The van der Waals surface area contributed by atoms with Crippen LogP contribution in [0.3, 0.4) is 0 Å². The Morgan fingerprint density at radius 2 is 2.05 bits per heavy atom. The summed E-state index contributed by atoms with van der Waals surface area (Å²) in [5.41, 5.74) is 1.92. The number of aliphatic hydroxyl groups excluding tert-OH is 1. The predicted octanol–water partition coefficient (Wildman–Crippen LogP) is 1.97. The highest BCUT2D eigenvalue weighted by Crippen LogP contribution is 2.21. The number of hydrogen-bond donors (Lipinski definition) is 2. The molecule has 2 unspecified atom stereocenters. The maximum absolute atomic E-state index is 12.3. The first-order chi connectivity index (χ1) is 9.14. The zero-order chi connectivity index (χ0) is 15.5. The quantitative estimate of drug-likeness (QED) is 0.867. The van der Waals surface area contributed by atoms with Gasteiger partial charge in [0.05, 0.1) is 18.3 Å². The van der Waals surface area contributed by atoms with Crippen LogP contribution in [-0.4, -0.2) is 33.4 Å². The standard InChI is InChI=1S/C15H27N3O2/c1-10-7-11(2)18(17-10)12(3)14(20)16-13(9-19)8-15(4,5)6/h7,12-13,19H,8-9H2,1-6H3,(H,16,20). The second kappa shape index (κ2) is 6.39. The van der Waals surface area contributed by atoms with E-state index in [0.717, 1.165) is 17.8 Å². The number of amides is 1. The van der Waals surface area contributed by atoms with Gasteiger partial charge in [0, 0.05) is 5.69 Å². The Kier molecular flexibility index (Phi) is 5.34. The third kappa shape index (κ3) is 4.63. The van der Waals surface area contributed by atoms with Crippen LogP contribution in [0.2, 0.25) is 0 Å². The minimum Gasteiger partial charge on any atom is -0.394 e. The summed E-state index contributed by atoms with van der Waals surface area (Å²) in [5, 5.41) is 16.7.